The normalized spacial score (nSPS) is 18.5. The van der Waals surface area contributed by atoms with E-state index >= 15 is 0 Å². The number of carbonyl (C=O) groups is 3. The molecule has 1 fully saturated rings. The molecule has 2 amide bonds. The molecule has 112 valence electrons. The molecule has 0 aromatic heterocycles. The fourth-order valence-corrected chi connectivity index (χ4v) is 2.02. The molecule has 0 saturated carbocycles. The quantitative estimate of drug-likeness (QED) is 0.664. The lowest BCUT2D eigenvalue weighted by molar-refractivity contribution is -0.144. The molecule has 1 aliphatic heterocycles. The van der Waals surface area contributed by atoms with Crippen molar-refractivity contribution in [3.8, 4) is 0 Å². The zero-order chi connectivity index (χ0) is 15.8. The zero-order valence-electron chi connectivity index (χ0n) is 11.6. The van der Waals surface area contributed by atoms with Crippen LogP contribution in [0.1, 0.15) is 24.2 Å². The molecule has 0 aliphatic carbocycles. The van der Waals surface area contributed by atoms with Gasteiger partial charge in [0.1, 0.15) is 0 Å². The lowest BCUT2D eigenvalue weighted by Crippen LogP contribution is -2.64. The SMILES string of the molecule is CC1(C)C(=O)NC(=O)CN1CC(=O)c1ccc(F)c(F)c1. The Labute approximate surface area is 119 Å². The Morgan fingerprint density at radius 2 is 1.95 bits per heavy atom. The third-order valence-corrected chi connectivity index (χ3v) is 3.51. The Kier molecular flexibility index (Phi) is 3.87. The van der Waals surface area contributed by atoms with Crippen molar-refractivity contribution in [3.63, 3.8) is 0 Å². The van der Waals surface area contributed by atoms with Crippen molar-refractivity contribution in [3.05, 3.63) is 35.4 Å². The number of Topliss-reactive ketones (excluding diaryl/α,β-unsaturated/α-hetero) is 1. The fraction of sp³-hybridized carbons (Fsp3) is 0.357. The first-order valence-corrected chi connectivity index (χ1v) is 6.29. The summed E-state index contributed by atoms with van der Waals surface area (Å²) < 4.78 is 26.0. The summed E-state index contributed by atoms with van der Waals surface area (Å²) in [5, 5.41) is 2.19. The van der Waals surface area contributed by atoms with E-state index in [4.69, 9.17) is 0 Å². The molecule has 0 atom stereocenters. The average Bonchev–Trinajstić information content (AvgIpc) is 2.39. The third-order valence-electron chi connectivity index (χ3n) is 3.51. The lowest BCUT2D eigenvalue weighted by Gasteiger charge is -2.39. The van der Waals surface area contributed by atoms with Crippen molar-refractivity contribution in [1.82, 2.24) is 10.2 Å². The molecule has 1 saturated heterocycles. The van der Waals surface area contributed by atoms with E-state index in [1.165, 1.54) is 11.0 Å². The Morgan fingerprint density at radius 3 is 2.57 bits per heavy atom. The van der Waals surface area contributed by atoms with Crippen molar-refractivity contribution in [2.75, 3.05) is 13.1 Å². The van der Waals surface area contributed by atoms with Gasteiger partial charge >= 0.3 is 0 Å². The van der Waals surface area contributed by atoms with E-state index in [0.717, 1.165) is 12.1 Å². The number of ketones is 1. The number of hydrogen-bond acceptors (Lipinski definition) is 4. The number of benzene rings is 1. The van der Waals surface area contributed by atoms with Crippen LogP contribution in [0.25, 0.3) is 0 Å². The minimum atomic E-state index is -1.12. The first-order valence-electron chi connectivity index (χ1n) is 6.29. The van der Waals surface area contributed by atoms with Crippen LogP contribution < -0.4 is 5.32 Å². The number of nitrogens with zero attached hydrogens (tertiary/aromatic N) is 1. The number of imide groups is 1. The Hall–Kier alpha value is -2.15. The van der Waals surface area contributed by atoms with Crippen molar-refractivity contribution in [1.29, 1.82) is 0 Å². The maximum absolute atomic E-state index is 13.1. The molecule has 2 rings (SSSR count). The van der Waals surface area contributed by atoms with Gasteiger partial charge in [-0.15, -0.1) is 0 Å². The van der Waals surface area contributed by atoms with Crippen molar-refractivity contribution < 1.29 is 23.2 Å². The van der Waals surface area contributed by atoms with Gasteiger partial charge in [0.05, 0.1) is 18.6 Å². The first kappa shape index (κ1) is 15.2. The summed E-state index contributed by atoms with van der Waals surface area (Å²) in [4.78, 5) is 36.7. The number of rotatable bonds is 3. The van der Waals surface area contributed by atoms with Gasteiger partial charge in [0.15, 0.2) is 17.4 Å². The van der Waals surface area contributed by atoms with Crippen LogP contribution in [0.3, 0.4) is 0 Å². The zero-order valence-corrected chi connectivity index (χ0v) is 11.6. The highest BCUT2D eigenvalue weighted by Gasteiger charge is 2.41. The molecular formula is C14H14F2N2O3. The highest BCUT2D eigenvalue weighted by atomic mass is 19.2. The summed E-state index contributed by atoms with van der Waals surface area (Å²) in [6, 6.07) is 2.83. The highest BCUT2D eigenvalue weighted by molar-refractivity contribution is 6.04. The molecule has 0 spiro atoms. The van der Waals surface area contributed by atoms with Crippen LogP contribution in [0, 0.1) is 11.6 Å². The number of amides is 2. The smallest absolute Gasteiger partial charge is 0.246 e. The third kappa shape index (κ3) is 2.97. The van der Waals surface area contributed by atoms with Gasteiger partial charge < -0.3 is 0 Å². The van der Waals surface area contributed by atoms with E-state index in [1.54, 1.807) is 13.8 Å². The standard InChI is InChI=1S/C14H14F2N2O3/c1-14(2)13(21)17-12(20)7-18(14)6-11(19)8-3-4-9(15)10(16)5-8/h3-5H,6-7H2,1-2H3,(H,17,20,21). The first-order chi connectivity index (χ1) is 9.71. The van der Waals surface area contributed by atoms with E-state index in [9.17, 15) is 23.2 Å². The summed E-state index contributed by atoms with van der Waals surface area (Å²) in [5.74, 6) is -3.66. The highest BCUT2D eigenvalue weighted by Crippen LogP contribution is 2.19. The molecule has 0 radical (unpaired) electrons. The molecular weight excluding hydrogens is 282 g/mol. The van der Waals surface area contributed by atoms with Crippen LogP contribution in [-0.4, -0.2) is 41.1 Å². The van der Waals surface area contributed by atoms with Gasteiger partial charge in [-0.2, -0.15) is 0 Å². The molecule has 21 heavy (non-hydrogen) atoms. The van der Waals surface area contributed by atoms with Gasteiger partial charge in [0, 0.05) is 5.56 Å². The second-order valence-electron chi connectivity index (χ2n) is 5.34. The second kappa shape index (κ2) is 5.33. The summed E-state index contributed by atoms with van der Waals surface area (Å²) in [6.45, 7) is 2.80. The maximum Gasteiger partial charge on any atom is 0.246 e. The molecule has 1 heterocycles. The Bertz CT molecular complexity index is 629. The Morgan fingerprint density at radius 1 is 1.29 bits per heavy atom. The van der Waals surface area contributed by atoms with Crippen LogP contribution in [0.5, 0.6) is 0 Å². The summed E-state index contributed by atoms with van der Waals surface area (Å²) in [7, 11) is 0. The maximum atomic E-state index is 13.1. The number of carbonyl (C=O) groups excluding carboxylic acids is 3. The largest absolute Gasteiger partial charge is 0.294 e. The van der Waals surface area contributed by atoms with Gasteiger partial charge in [-0.1, -0.05) is 0 Å². The fourth-order valence-electron chi connectivity index (χ4n) is 2.02. The minimum Gasteiger partial charge on any atom is -0.294 e. The predicted octanol–water partition coefficient (Wildman–Crippen LogP) is 0.884. The number of piperazine rings is 1. The Balaban J connectivity index is 2.19. The van der Waals surface area contributed by atoms with E-state index in [2.05, 4.69) is 5.32 Å². The van der Waals surface area contributed by atoms with Crippen LogP contribution >= 0.6 is 0 Å². The molecule has 1 aliphatic rings. The molecule has 1 aromatic rings. The van der Waals surface area contributed by atoms with E-state index in [-0.39, 0.29) is 18.7 Å². The topological polar surface area (TPSA) is 66.5 Å². The van der Waals surface area contributed by atoms with Gasteiger partial charge in [-0.05, 0) is 32.0 Å². The van der Waals surface area contributed by atoms with E-state index in [0.29, 0.717) is 0 Å². The number of hydrogen-bond donors (Lipinski definition) is 1. The van der Waals surface area contributed by atoms with Gasteiger partial charge in [0.25, 0.3) is 0 Å². The van der Waals surface area contributed by atoms with Crippen LogP contribution in [0.2, 0.25) is 0 Å². The summed E-state index contributed by atoms with van der Waals surface area (Å²) >= 11 is 0. The molecule has 1 N–H and O–H groups in total. The molecule has 7 heteroatoms. The van der Waals surface area contributed by atoms with Gasteiger partial charge in [-0.25, -0.2) is 8.78 Å². The lowest BCUT2D eigenvalue weighted by atomic mass is 9.97. The molecule has 0 bridgehead atoms. The molecule has 1 aromatic carbocycles. The van der Waals surface area contributed by atoms with E-state index < -0.39 is 34.8 Å². The van der Waals surface area contributed by atoms with Crippen LogP contribution in [0.15, 0.2) is 18.2 Å². The number of nitrogens with one attached hydrogen (secondary N) is 1. The van der Waals surface area contributed by atoms with Crippen LogP contribution in [-0.2, 0) is 9.59 Å². The van der Waals surface area contributed by atoms with Crippen molar-refractivity contribution >= 4 is 17.6 Å². The van der Waals surface area contributed by atoms with E-state index in [1.807, 2.05) is 0 Å². The molecule has 5 nitrogen and oxygen atoms in total. The van der Waals surface area contributed by atoms with Crippen LogP contribution in [0.4, 0.5) is 8.78 Å². The average molecular weight is 296 g/mol. The summed E-state index contributed by atoms with van der Waals surface area (Å²) in [5.41, 5.74) is -1.05. The van der Waals surface area contributed by atoms with Crippen molar-refractivity contribution in [2.45, 2.75) is 19.4 Å². The second-order valence-corrected chi connectivity index (χ2v) is 5.34. The van der Waals surface area contributed by atoms with Gasteiger partial charge in [0.2, 0.25) is 11.8 Å². The predicted molar refractivity (Wildman–Crippen MR) is 69.5 cm³/mol. The monoisotopic (exact) mass is 296 g/mol. The minimum absolute atomic E-state index is 0.0110. The summed E-state index contributed by atoms with van der Waals surface area (Å²) in [6.07, 6.45) is 0. The number of halogens is 2. The van der Waals surface area contributed by atoms with Crippen molar-refractivity contribution in [2.24, 2.45) is 0 Å². The van der Waals surface area contributed by atoms with Gasteiger partial charge in [-0.3, -0.25) is 24.6 Å². The molecule has 0 unspecified atom stereocenters.